The summed E-state index contributed by atoms with van der Waals surface area (Å²) in [6.45, 7) is 1.47. The van der Waals surface area contributed by atoms with Gasteiger partial charge >= 0.3 is 6.18 Å². The van der Waals surface area contributed by atoms with E-state index in [1.54, 1.807) is 11.8 Å². The number of hydrazine groups is 1. The van der Waals surface area contributed by atoms with Crippen molar-refractivity contribution in [2.45, 2.75) is 17.4 Å². The maximum absolute atomic E-state index is 12.6. The first kappa shape index (κ1) is 21.8. The molecule has 0 aliphatic carbocycles. The maximum Gasteiger partial charge on any atom is 0.416 e. The number of nitrogens with zero attached hydrogens (tertiary/aromatic N) is 2. The lowest BCUT2D eigenvalue weighted by molar-refractivity contribution is -0.137. The topological polar surface area (TPSA) is 47.6 Å². The van der Waals surface area contributed by atoms with Gasteiger partial charge in [0.1, 0.15) is 4.71 Å². The number of nitrogens with one attached hydrogen (secondary N) is 2. The molecule has 0 aromatic heterocycles. The second-order valence-electron chi connectivity index (χ2n) is 6.57. The number of hydrogen-bond acceptors (Lipinski definition) is 6. The molecule has 1 atom stereocenters. The monoisotopic (exact) mass is 442 g/mol. The molecule has 1 unspecified atom stereocenters. The second-order valence-corrected chi connectivity index (χ2v) is 8.45. The van der Waals surface area contributed by atoms with Crippen LogP contribution in [0, 0.1) is 0 Å². The molecule has 2 aromatic rings. The van der Waals surface area contributed by atoms with E-state index in [-0.39, 0.29) is 17.2 Å². The molecule has 29 heavy (non-hydrogen) atoms. The highest BCUT2D eigenvalue weighted by molar-refractivity contribution is 8.10. The van der Waals surface area contributed by atoms with Gasteiger partial charge in [0, 0.05) is 12.4 Å². The summed E-state index contributed by atoms with van der Waals surface area (Å²) in [6.07, 6.45) is -4.38. The fourth-order valence-corrected chi connectivity index (χ4v) is 4.04. The van der Waals surface area contributed by atoms with Crippen molar-refractivity contribution in [2.24, 2.45) is 0 Å². The third-order valence-corrected chi connectivity index (χ3v) is 6.14. The lowest BCUT2D eigenvalue weighted by atomic mass is 10.2. The Hall–Kier alpha value is -1.88. The van der Waals surface area contributed by atoms with Crippen LogP contribution in [0.15, 0.2) is 54.6 Å². The first-order valence-corrected chi connectivity index (χ1v) is 10.4. The van der Waals surface area contributed by atoms with E-state index in [9.17, 15) is 18.0 Å². The zero-order valence-corrected chi connectivity index (χ0v) is 17.1. The Labute approximate surface area is 177 Å². The molecule has 0 spiro atoms. The summed E-state index contributed by atoms with van der Waals surface area (Å²) in [5.41, 5.74) is 5.97. The summed E-state index contributed by atoms with van der Waals surface area (Å²) in [5, 5.41) is 0. The molecule has 0 saturated carbocycles. The number of thiol groups is 1. The van der Waals surface area contributed by atoms with Crippen LogP contribution in [-0.2, 0) is 17.5 Å². The molecular formula is C19H21F3N4OS2. The van der Waals surface area contributed by atoms with Gasteiger partial charge in [-0.2, -0.15) is 13.2 Å². The molecule has 1 aliphatic rings. The highest BCUT2D eigenvalue weighted by atomic mass is 32.2. The number of amides is 1. The van der Waals surface area contributed by atoms with Crippen LogP contribution in [0.25, 0.3) is 0 Å². The van der Waals surface area contributed by atoms with Gasteiger partial charge in [-0.05, 0) is 29.8 Å². The number of anilines is 1. The van der Waals surface area contributed by atoms with Gasteiger partial charge in [0.25, 0.3) is 5.91 Å². The maximum atomic E-state index is 12.6. The van der Waals surface area contributed by atoms with Crippen molar-refractivity contribution in [3.8, 4) is 0 Å². The number of hydrogen-bond donors (Lipinski definition) is 3. The highest BCUT2D eigenvalue weighted by Gasteiger charge is 2.30. The van der Waals surface area contributed by atoms with Crippen LogP contribution in [-0.4, -0.2) is 39.5 Å². The Morgan fingerprint density at radius 2 is 1.83 bits per heavy atom. The molecule has 10 heteroatoms. The molecule has 0 bridgehead atoms. The van der Waals surface area contributed by atoms with E-state index >= 15 is 0 Å². The average molecular weight is 443 g/mol. The predicted molar refractivity (Wildman–Crippen MR) is 112 cm³/mol. The van der Waals surface area contributed by atoms with E-state index in [4.69, 9.17) is 0 Å². The van der Waals surface area contributed by atoms with Gasteiger partial charge in [-0.3, -0.25) is 25.4 Å². The van der Waals surface area contributed by atoms with Gasteiger partial charge in [-0.25, -0.2) is 0 Å². The molecule has 1 amide bonds. The van der Waals surface area contributed by atoms with Crippen molar-refractivity contribution >= 4 is 36.0 Å². The van der Waals surface area contributed by atoms with Gasteiger partial charge < -0.3 is 0 Å². The number of carbonyl (C=O) groups is 1. The molecule has 0 radical (unpaired) electrons. The van der Waals surface area contributed by atoms with E-state index < -0.39 is 11.7 Å². The molecule has 1 heterocycles. The molecule has 1 aliphatic heterocycles. The molecule has 1 saturated heterocycles. The minimum Gasteiger partial charge on any atom is -0.299 e. The van der Waals surface area contributed by atoms with E-state index in [0.717, 1.165) is 18.7 Å². The minimum atomic E-state index is -4.38. The lowest BCUT2D eigenvalue weighted by Gasteiger charge is -2.38. The molecule has 1 fully saturated rings. The quantitative estimate of drug-likeness (QED) is 0.469. The largest absolute Gasteiger partial charge is 0.416 e. The van der Waals surface area contributed by atoms with Gasteiger partial charge in [0.05, 0.1) is 24.5 Å². The number of halogens is 3. The predicted octanol–water partition coefficient (Wildman–Crippen LogP) is 3.83. The van der Waals surface area contributed by atoms with Gasteiger partial charge in [-0.15, -0.1) is 24.4 Å². The zero-order chi connectivity index (χ0) is 20.9. The van der Waals surface area contributed by atoms with E-state index in [2.05, 4.69) is 28.4 Å². The van der Waals surface area contributed by atoms with E-state index in [1.807, 2.05) is 35.2 Å². The molecule has 5 nitrogen and oxygen atoms in total. The van der Waals surface area contributed by atoms with Gasteiger partial charge in [0.2, 0.25) is 0 Å². The second kappa shape index (κ2) is 9.75. The summed E-state index contributed by atoms with van der Waals surface area (Å²) in [7, 11) is 0. The number of rotatable bonds is 6. The first-order chi connectivity index (χ1) is 13.8. The van der Waals surface area contributed by atoms with Crippen molar-refractivity contribution in [1.29, 1.82) is 0 Å². The number of benzene rings is 2. The van der Waals surface area contributed by atoms with Gasteiger partial charge in [0.15, 0.2) is 0 Å². The van der Waals surface area contributed by atoms with Crippen molar-refractivity contribution < 1.29 is 18.0 Å². The Morgan fingerprint density at radius 1 is 1.14 bits per heavy atom. The van der Waals surface area contributed by atoms with Crippen molar-refractivity contribution in [1.82, 2.24) is 15.2 Å². The Kier molecular flexibility index (Phi) is 7.33. The number of thioether (sulfide) groups is 1. The summed E-state index contributed by atoms with van der Waals surface area (Å²) < 4.78 is 37.8. The van der Waals surface area contributed by atoms with Crippen LogP contribution in [0.1, 0.15) is 11.1 Å². The normalized spacial score (nSPS) is 18.4. The van der Waals surface area contributed by atoms with Crippen LogP contribution in [0.5, 0.6) is 0 Å². The Bertz CT molecular complexity index is 805. The van der Waals surface area contributed by atoms with Crippen LogP contribution in [0.3, 0.4) is 0 Å². The molecular weight excluding hydrogens is 421 g/mol. The third kappa shape index (κ3) is 6.56. The van der Waals surface area contributed by atoms with Crippen molar-refractivity contribution in [3.05, 3.63) is 65.7 Å². The van der Waals surface area contributed by atoms with E-state index in [0.29, 0.717) is 18.2 Å². The average Bonchev–Trinajstić information content (AvgIpc) is 2.69. The SMILES string of the molecule is O=C(CN1CSC(S)N(Cc2ccccc2)C1)NNc1ccc(C(F)(F)F)cc1. The summed E-state index contributed by atoms with van der Waals surface area (Å²) in [4.78, 5) is 16.3. The standard InChI is InChI=1S/C19H21F3N4OS2/c20-19(21,22)15-6-8-16(9-7-15)23-24-17(27)11-25-12-26(18(28)29-13-25)10-14-4-2-1-3-5-14/h1-9,18,23,28H,10-13H2,(H,24,27). The third-order valence-electron chi connectivity index (χ3n) is 4.25. The summed E-state index contributed by atoms with van der Waals surface area (Å²) in [6, 6.07) is 14.5. The van der Waals surface area contributed by atoms with Crippen LogP contribution >= 0.6 is 24.4 Å². The zero-order valence-electron chi connectivity index (χ0n) is 15.4. The van der Waals surface area contributed by atoms with Crippen LogP contribution in [0.4, 0.5) is 18.9 Å². The van der Waals surface area contributed by atoms with Crippen LogP contribution < -0.4 is 10.9 Å². The molecule has 3 rings (SSSR count). The van der Waals surface area contributed by atoms with Crippen molar-refractivity contribution in [2.75, 3.05) is 24.5 Å². The Balaban J connectivity index is 1.47. The van der Waals surface area contributed by atoms with E-state index in [1.165, 1.54) is 17.7 Å². The molecule has 156 valence electrons. The van der Waals surface area contributed by atoms with Gasteiger partial charge in [-0.1, -0.05) is 30.3 Å². The van der Waals surface area contributed by atoms with Crippen LogP contribution in [0.2, 0.25) is 0 Å². The smallest absolute Gasteiger partial charge is 0.299 e. The fraction of sp³-hybridized carbons (Fsp3) is 0.316. The van der Waals surface area contributed by atoms with Crippen molar-refractivity contribution in [3.63, 3.8) is 0 Å². The summed E-state index contributed by atoms with van der Waals surface area (Å²) in [5.74, 6) is 0.385. The number of carbonyl (C=O) groups excluding carboxylic acids is 1. The lowest BCUT2D eigenvalue weighted by Crippen LogP contribution is -2.49. The summed E-state index contributed by atoms with van der Waals surface area (Å²) >= 11 is 6.23. The fourth-order valence-electron chi connectivity index (χ4n) is 2.81. The molecule has 2 N–H and O–H groups in total. The number of alkyl halides is 3. The Morgan fingerprint density at radius 3 is 2.48 bits per heavy atom. The highest BCUT2D eigenvalue weighted by Crippen LogP contribution is 2.30. The first-order valence-electron chi connectivity index (χ1n) is 8.83. The minimum absolute atomic E-state index is 0.0415. The molecule has 2 aromatic carbocycles.